The van der Waals surface area contributed by atoms with Crippen LogP contribution in [0.3, 0.4) is 0 Å². The highest BCUT2D eigenvalue weighted by atomic mass is 19.1. The fourth-order valence-corrected chi connectivity index (χ4v) is 3.72. The molecule has 1 aliphatic carbocycles. The van der Waals surface area contributed by atoms with Crippen LogP contribution in [0.2, 0.25) is 0 Å². The summed E-state index contributed by atoms with van der Waals surface area (Å²) in [5, 5.41) is 0. The highest BCUT2D eigenvalue weighted by Crippen LogP contribution is 2.48. The predicted octanol–water partition coefficient (Wildman–Crippen LogP) is 1.38. The van der Waals surface area contributed by atoms with Gasteiger partial charge in [-0.15, -0.1) is 0 Å². The number of nitrogens with zero attached hydrogens (tertiary/aromatic N) is 3. The molecule has 1 aromatic rings. The van der Waals surface area contributed by atoms with Gasteiger partial charge in [-0.25, -0.2) is 9.38 Å². The van der Waals surface area contributed by atoms with Crippen LogP contribution in [0.1, 0.15) is 17.9 Å². The minimum Gasteiger partial charge on any atom is -0.339 e. The third-order valence-electron chi connectivity index (χ3n) is 5.40. The number of halogens is 1. The number of hydrogen-bond acceptors (Lipinski definition) is 3. The quantitative estimate of drug-likeness (QED) is 0.808. The summed E-state index contributed by atoms with van der Waals surface area (Å²) in [7, 11) is 0. The molecule has 1 saturated heterocycles. The number of benzene rings is 1. The van der Waals surface area contributed by atoms with E-state index in [0.717, 1.165) is 12.0 Å². The topological polar surface area (TPSA) is 70.1 Å². The van der Waals surface area contributed by atoms with Crippen molar-refractivity contribution < 1.29 is 18.8 Å². The van der Waals surface area contributed by atoms with Crippen molar-refractivity contribution >= 4 is 23.9 Å². The van der Waals surface area contributed by atoms with E-state index in [1.54, 1.807) is 23.1 Å². The zero-order chi connectivity index (χ0) is 19.0. The highest BCUT2D eigenvalue weighted by Gasteiger charge is 2.46. The zero-order valence-electron chi connectivity index (χ0n) is 14.8. The number of rotatable bonds is 3. The van der Waals surface area contributed by atoms with Crippen LogP contribution in [0.5, 0.6) is 0 Å². The second-order valence-electron chi connectivity index (χ2n) is 7.15. The van der Waals surface area contributed by atoms with Gasteiger partial charge < -0.3 is 9.80 Å². The van der Waals surface area contributed by atoms with Crippen molar-refractivity contribution in [2.75, 3.05) is 26.2 Å². The van der Waals surface area contributed by atoms with Gasteiger partial charge in [0.1, 0.15) is 5.82 Å². The van der Waals surface area contributed by atoms with E-state index < -0.39 is 5.92 Å². The van der Waals surface area contributed by atoms with E-state index >= 15 is 0 Å². The van der Waals surface area contributed by atoms with Gasteiger partial charge >= 0.3 is 0 Å². The second-order valence-corrected chi connectivity index (χ2v) is 7.15. The lowest BCUT2D eigenvalue weighted by Gasteiger charge is -2.36. The number of carbonyl (C=O) groups excluding carboxylic acids is 3. The molecule has 6 nitrogen and oxygen atoms in total. The Balaban J connectivity index is 1.29. The molecule has 27 heavy (non-hydrogen) atoms. The Hall–Kier alpha value is -2.83. The molecular weight excluding hydrogens is 349 g/mol. The second kappa shape index (κ2) is 7.06. The van der Waals surface area contributed by atoms with Gasteiger partial charge in [-0.1, -0.05) is 18.2 Å². The van der Waals surface area contributed by atoms with Crippen LogP contribution in [-0.4, -0.2) is 59.9 Å². The fraction of sp³-hybridized carbons (Fsp3) is 0.400. The minimum atomic E-state index is -0.503. The molecule has 4 rings (SSSR count). The number of amides is 3. The Morgan fingerprint density at radius 2 is 1.63 bits per heavy atom. The van der Waals surface area contributed by atoms with Crippen molar-refractivity contribution in [3.63, 3.8) is 0 Å². The van der Waals surface area contributed by atoms with Gasteiger partial charge in [-0.2, -0.15) is 0 Å². The van der Waals surface area contributed by atoms with E-state index in [4.69, 9.17) is 0 Å². The van der Waals surface area contributed by atoms with Crippen molar-refractivity contribution in [2.45, 2.75) is 12.3 Å². The summed E-state index contributed by atoms with van der Waals surface area (Å²) in [6.45, 7) is 1.96. The van der Waals surface area contributed by atoms with E-state index in [2.05, 4.69) is 4.99 Å². The lowest BCUT2D eigenvalue weighted by Crippen LogP contribution is -2.52. The summed E-state index contributed by atoms with van der Waals surface area (Å²) in [6.07, 6.45) is 5.04. The van der Waals surface area contributed by atoms with Gasteiger partial charge in [0, 0.05) is 44.4 Å². The van der Waals surface area contributed by atoms with E-state index in [1.807, 2.05) is 4.90 Å². The maximum absolute atomic E-state index is 13.0. The number of aliphatic imine (C=N–C) groups is 1. The van der Waals surface area contributed by atoms with Gasteiger partial charge in [-0.3, -0.25) is 14.4 Å². The fourth-order valence-electron chi connectivity index (χ4n) is 3.72. The Bertz CT molecular complexity index is 809. The van der Waals surface area contributed by atoms with Crippen molar-refractivity contribution in [3.05, 3.63) is 47.8 Å². The minimum absolute atomic E-state index is 0.0443. The summed E-state index contributed by atoms with van der Waals surface area (Å²) in [5.74, 6) is -0.987. The normalized spacial score (nSPS) is 27.0. The van der Waals surface area contributed by atoms with Crippen LogP contribution in [0.4, 0.5) is 4.39 Å². The Kier molecular flexibility index (Phi) is 4.59. The molecule has 0 bridgehead atoms. The number of piperazine rings is 1. The molecule has 2 fully saturated rings. The van der Waals surface area contributed by atoms with Crippen molar-refractivity contribution in [1.82, 2.24) is 9.80 Å². The lowest BCUT2D eigenvalue weighted by atomic mass is 10.1. The third kappa shape index (κ3) is 3.67. The van der Waals surface area contributed by atoms with Crippen LogP contribution in [0.25, 0.3) is 0 Å². The molecule has 1 saturated carbocycles. The molecule has 0 radical (unpaired) electrons. The molecule has 3 aliphatic rings. The van der Waals surface area contributed by atoms with Crippen molar-refractivity contribution in [1.29, 1.82) is 0 Å². The average molecular weight is 369 g/mol. The Morgan fingerprint density at radius 1 is 1.00 bits per heavy atom. The molecule has 2 aliphatic heterocycles. The first-order chi connectivity index (χ1) is 13.0. The zero-order valence-corrected chi connectivity index (χ0v) is 14.8. The largest absolute Gasteiger partial charge is 0.339 e. The van der Waals surface area contributed by atoms with Crippen molar-refractivity contribution in [3.8, 4) is 0 Å². The van der Waals surface area contributed by atoms with Gasteiger partial charge in [0.25, 0.3) is 5.91 Å². The molecular formula is C20H20FN3O3. The molecule has 140 valence electrons. The molecule has 3 unspecified atom stereocenters. The molecule has 1 aromatic carbocycles. The molecule has 3 atom stereocenters. The standard InChI is InChI=1S/C20H20FN3O3/c21-15-4-1-13(2-5-15)16-11-17(16)20(27)24-9-7-23(8-10-24)19(26)14-3-6-18(25)22-12-14/h1-6,12,14,16-17H,7-11H2. The maximum Gasteiger partial charge on any atom is 0.269 e. The molecule has 0 aromatic heterocycles. The maximum atomic E-state index is 13.0. The van der Waals surface area contributed by atoms with Crippen LogP contribution in [0, 0.1) is 17.7 Å². The van der Waals surface area contributed by atoms with Crippen LogP contribution < -0.4 is 0 Å². The first-order valence-corrected chi connectivity index (χ1v) is 9.12. The molecule has 0 spiro atoms. The Morgan fingerprint density at radius 3 is 2.22 bits per heavy atom. The lowest BCUT2D eigenvalue weighted by molar-refractivity contribution is -0.140. The van der Waals surface area contributed by atoms with Gasteiger partial charge in [0.15, 0.2) is 0 Å². The highest BCUT2D eigenvalue weighted by molar-refractivity contribution is 6.05. The van der Waals surface area contributed by atoms with Gasteiger partial charge in [0.05, 0.1) is 5.92 Å². The van der Waals surface area contributed by atoms with Crippen LogP contribution in [-0.2, 0) is 14.4 Å². The first kappa shape index (κ1) is 17.6. The van der Waals surface area contributed by atoms with E-state index in [0.29, 0.717) is 26.2 Å². The summed E-state index contributed by atoms with van der Waals surface area (Å²) in [5.41, 5.74) is 1.00. The molecule has 7 heteroatoms. The third-order valence-corrected chi connectivity index (χ3v) is 5.40. The van der Waals surface area contributed by atoms with Gasteiger partial charge in [-0.05, 0) is 30.0 Å². The summed E-state index contributed by atoms with van der Waals surface area (Å²) < 4.78 is 13.0. The van der Waals surface area contributed by atoms with Gasteiger partial charge in [0.2, 0.25) is 11.8 Å². The van der Waals surface area contributed by atoms with Crippen LogP contribution in [0.15, 0.2) is 41.4 Å². The number of dihydropyridines is 1. The van der Waals surface area contributed by atoms with E-state index in [9.17, 15) is 18.8 Å². The smallest absolute Gasteiger partial charge is 0.269 e. The van der Waals surface area contributed by atoms with E-state index in [-0.39, 0.29) is 35.4 Å². The van der Waals surface area contributed by atoms with Crippen LogP contribution >= 0.6 is 0 Å². The SMILES string of the molecule is O=C1C=CC(C(=O)N2CCN(C(=O)C3CC3c3ccc(F)cc3)CC2)C=N1. The molecule has 3 amide bonds. The Labute approximate surface area is 156 Å². The molecule has 0 N–H and O–H groups in total. The van der Waals surface area contributed by atoms with E-state index in [1.165, 1.54) is 24.4 Å². The summed E-state index contributed by atoms with van der Waals surface area (Å²) in [6, 6.07) is 6.34. The number of carbonyl (C=O) groups is 3. The average Bonchev–Trinajstić information content (AvgIpc) is 3.49. The summed E-state index contributed by atoms with van der Waals surface area (Å²) in [4.78, 5) is 43.4. The molecule has 2 heterocycles. The number of hydrogen-bond donors (Lipinski definition) is 0. The first-order valence-electron chi connectivity index (χ1n) is 9.12. The summed E-state index contributed by atoms with van der Waals surface area (Å²) >= 11 is 0. The van der Waals surface area contributed by atoms with Crippen molar-refractivity contribution in [2.24, 2.45) is 16.8 Å². The monoisotopic (exact) mass is 369 g/mol. The predicted molar refractivity (Wildman–Crippen MR) is 96.5 cm³/mol.